The molecule has 3 heteroatoms. The third-order valence-corrected chi connectivity index (χ3v) is 4.21. The first kappa shape index (κ1) is 13.0. The van der Waals surface area contributed by atoms with Crippen LogP contribution in [0, 0.1) is 0 Å². The molecule has 2 fully saturated rings. The summed E-state index contributed by atoms with van der Waals surface area (Å²) in [7, 11) is 0. The maximum atomic E-state index is 11.3. The van der Waals surface area contributed by atoms with Gasteiger partial charge in [0, 0.05) is 25.4 Å². The summed E-state index contributed by atoms with van der Waals surface area (Å²) in [6.07, 6.45) is 6.60. The first-order chi connectivity index (χ1) is 8.29. The predicted octanol–water partition coefficient (Wildman–Crippen LogP) is 1.92. The fourth-order valence-electron chi connectivity index (χ4n) is 3.16. The molecule has 0 saturated carbocycles. The second-order valence-electron chi connectivity index (χ2n) is 5.48. The fourth-order valence-corrected chi connectivity index (χ4v) is 3.16. The average Bonchev–Trinajstić information content (AvgIpc) is 2.68. The van der Waals surface area contributed by atoms with E-state index in [1.165, 1.54) is 45.4 Å². The van der Waals surface area contributed by atoms with E-state index in [1.54, 1.807) is 0 Å². The zero-order valence-corrected chi connectivity index (χ0v) is 11.2. The lowest BCUT2D eigenvalue weighted by molar-refractivity contribution is -0.118. The highest BCUT2D eigenvalue weighted by Crippen LogP contribution is 2.21. The van der Waals surface area contributed by atoms with E-state index >= 15 is 0 Å². The highest BCUT2D eigenvalue weighted by molar-refractivity contribution is 5.77. The van der Waals surface area contributed by atoms with Crippen LogP contribution in [0.5, 0.6) is 0 Å². The third-order valence-electron chi connectivity index (χ3n) is 4.21. The molecule has 0 aromatic heterocycles. The Bertz CT molecular complexity index is 255. The maximum Gasteiger partial charge on any atom is 0.132 e. The minimum Gasteiger partial charge on any atom is -0.302 e. The average molecular weight is 238 g/mol. The number of nitrogens with zero attached hydrogens (tertiary/aromatic N) is 2. The van der Waals surface area contributed by atoms with E-state index in [4.69, 9.17) is 0 Å². The summed E-state index contributed by atoms with van der Waals surface area (Å²) in [6, 6.07) is 0.805. The number of ketones is 1. The Kier molecular flexibility index (Phi) is 4.99. The summed E-state index contributed by atoms with van der Waals surface area (Å²) in [5, 5.41) is 0. The van der Waals surface area contributed by atoms with E-state index in [-0.39, 0.29) is 0 Å². The van der Waals surface area contributed by atoms with E-state index in [0.717, 1.165) is 25.4 Å². The number of carbonyl (C=O) groups excluding carboxylic acids is 1. The van der Waals surface area contributed by atoms with Gasteiger partial charge in [-0.2, -0.15) is 0 Å². The Morgan fingerprint density at radius 3 is 2.88 bits per heavy atom. The standard InChI is InChI=1S/C14H26N2O/c1-2-14(17)7-4-8-15-9-5-11-16-10-3-6-13(16)12-15/h13H,2-12H2,1H3. The van der Waals surface area contributed by atoms with Gasteiger partial charge in [-0.25, -0.2) is 0 Å². The molecule has 3 nitrogen and oxygen atoms in total. The van der Waals surface area contributed by atoms with Gasteiger partial charge in [0.05, 0.1) is 0 Å². The lowest BCUT2D eigenvalue weighted by atomic mass is 10.1. The molecule has 0 spiro atoms. The second kappa shape index (κ2) is 6.50. The molecule has 1 unspecified atom stereocenters. The predicted molar refractivity (Wildman–Crippen MR) is 70.2 cm³/mol. The SMILES string of the molecule is CCC(=O)CCCN1CCCN2CCCC2C1. The van der Waals surface area contributed by atoms with Crippen LogP contribution in [0.1, 0.15) is 45.4 Å². The monoisotopic (exact) mass is 238 g/mol. The molecular formula is C14H26N2O. The number of hydrogen-bond donors (Lipinski definition) is 0. The first-order valence-electron chi connectivity index (χ1n) is 7.27. The highest BCUT2D eigenvalue weighted by atomic mass is 16.1. The summed E-state index contributed by atoms with van der Waals surface area (Å²) in [5.74, 6) is 0.419. The smallest absolute Gasteiger partial charge is 0.132 e. The summed E-state index contributed by atoms with van der Waals surface area (Å²) >= 11 is 0. The maximum absolute atomic E-state index is 11.3. The Hall–Kier alpha value is -0.410. The quantitative estimate of drug-likeness (QED) is 0.731. The molecule has 0 aromatic carbocycles. The third kappa shape index (κ3) is 3.78. The molecule has 0 radical (unpaired) electrons. The van der Waals surface area contributed by atoms with Crippen LogP contribution in [-0.2, 0) is 4.79 Å². The minimum absolute atomic E-state index is 0.419. The van der Waals surface area contributed by atoms with Gasteiger partial charge in [0.15, 0.2) is 0 Å². The first-order valence-corrected chi connectivity index (χ1v) is 7.27. The number of hydrogen-bond acceptors (Lipinski definition) is 3. The van der Waals surface area contributed by atoms with Crippen LogP contribution in [0.25, 0.3) is 0 Å². The normalized spacial score (nSPS) is 26.8. The molecule has 2 rings (SSSR count). The van der Waals surface area contributed by atoms with Crippen LogP contribution >= 0.6 is 0 Å². The van der Waals surface area contributed by atoms with Crippen molar-refractivity contribution in [3.63, 3.8) is 0 Å². The van der Waals surface area contributed by atoms with Gasteiger partial charge in [0.25, 0.3) is 0 Å². The van der Waals surface area contributed by atoms with Crippen molar-refractivity contribution in [1.29, 1.82) is 0 Å². The lowest BCUT2D eigenvalue weighted by Crippen LogP contribution is -2.37. The molecule has 1 atom stereocenters. The van der Waals surface area contributed by atoms with Crippen LogP contribution in [0.4, 0.5) is 0 Å². The van der Waals surface area contributed by atoms with E-state index in [9.17, 15) is 4.79 Å². The molecule has 17 heavy (non-hydrogen) atoms. The van der Waals surface area contributed by atoms with Gasteiger partial charge in [-0.15, -0.1) is 0 Å². The largest absolute Gasteiger partial charge is 0.302 e. The molecule has 0 N–H and O–H groups in total. The molecular weight excluding hydrogens is 212 g/mol. The molecule has 0 bridgehead atoms. The van der Waals surface area contributed by atoms with E-state index in [1.807, 2.05) is 6.92 Å². The van der Waals surface area contributed by atoms with Crippen LogP contribution in [0.2, 0.25) is 0 Å². The van der Waals surface area contributed by atoms with Crippen LogP contribution in [0.3, 0.4) is 0 Å². The van der Waals surface area contributed by atoms with Gasteiger partial charge >= 0.3 is 0 Å². The van der Waals surface area contributed by atoms with Crippen molar-refractivity contribution >= 4 is 5.78 Å². The van der Waals surface area contributed by atoms with Gasteiger partial charge in [-0.3, -0.25) is 9.69 Å². The number of rotatable bonds is 5. The van der Waals surface area contributed by atoms with Crippen molar-refractivity contribution in [2.24, 2.45) is 0 Å². The number of fused-ring (bicyclic) bond motifs is 1. The summed E-state index contributed by atoms with van der Waals surface area (Å²) in [5.41, 5.74) is 0. The van der Waals surface area contributed by atoms with Crippen molar-refractivity contribution in [1.82, 2.24) is 9.80 Å². The van der Waals surface area contributed by atoms with Crippen molar-refractivity contribution in [2.75, 3.05) is 32.7 Å². The van der Waals surface area contributed by atoms with E-state index in [0.29, 0.717) is 12.2 Å². The fraction of sp³-hybridized carbons (Fsp3) is 0.929. The Balaban J connectivity index is 1.71. The molecule has 0 aliphatic carbocycles. The summed E-state index contributed by atoms with van der Waals surface area (Å²) in [4.78, 5) is 16.5. The second-order valence-corrected chi connectivity index (χ2v) is 5.48. The lowest BCUT2D eigenvalue weighted by Gasteiger charge is -2.25. The van der Waals surface area contributed by atoms with Gasteiger partial charge in [0.1, 0.15) is 5.78 Å². The summed E-state index contributed by atoms with van der Waals surface area (Å²) in [6.45, 7) is 8.15. The number of Topliss-reactive ketones (excluding diaryl/α,β-unsaturated/α-hetero) is 1. The Morgan fingerprint density at radius 2 is 2.06 bits per heavy atom. The van der Waals surface area contributed by atoms with Gasteiger partial charge in [-0.05, 0) is 51.9 Å². The topological polar surface area (TPSA) is 23.6 Å². The summed E-state index contributed by atoms with van der Waals surface area (Å²) < 4.78 is 0. The van der Waals surface area contributed by atoms with Crippen molar-refractivity contribution in [3.05, 3.63) is 0 Å². The molecule has 0 amide bonds. The molecule has 2 heterocycles. The van der Waals surface area contributed by atoms with Gasteiger partial charge in [-0.1, -0.05) is 6.92 Å². The van der Waals surface area contributed by atoms with Crippen LogP contribution in [-0.4, -0.2) is 54.3 Å². The number of carbonyl (C=O) groups is 1. The molecule has 2 aliphatic heterocycles. The zero-order chi connectivity index (χ0) is 12.1. The molecule has 98 valence electrons. The van der Waals surface area contributed by atoms with Crippen molar-refractivity contribution in [2.45, 2.75) is 51.5 Å². The molecule has 2 aliphatic rings. The van der Waals surface area contributed by atoms with Gasteiger partial charge in [0.2, 0.25) is 0 Å². The van der Waals surface area contributed by atoms with E-state index < -0.39 is 0 Å². The van der Waals surface area contributed by atoms with Crippen molar-refractivity contribution in [3.8, 4) is 0 Å². The Morgan fingerprint density at radius 1 is 1.24 bits per heavy atom. The van der Waals surface area contributed by atoms with Crippen LogP contribution in [0.15, 0.2) is 0 Å². The van der Waals surface area contributed by atoms with Crippen LogP contribution < -0.4 is 0 Å². The minimum atomic E-state index is 0.419. The van der Waals surface area contributed by atoms with Gasteiger partial charge < -0.3 is 4.90 Å². The van der Waals surface area contributed by atoms with Crippen molar-refractivity contribution < 1.29 is 4.79 Å². The molecule has 0 aromatic rings. The van der Waals surface area contributed by atoms with E-state index in [2.05, 4.69) is 9.80 Å². The zero-order valence-electron chi connectivity index (χ0n) is 11.2. The molecule has 2 saturated heterocycles. The highest BCUT2D eigenvalue weighted by Gasteiger charge is 2.28. The Labute approximate surface area is 105 Å².